The topological polar surface area (TPSA) is 79.2 Å². The minimum Gasteiger partial charge on any atom is -0.487 e. The SMILES string of the molecule is CCOC(=O)CC(O)CC(O)CCc1c(C)c(N2Cc3ccccc3C2)c(C)c2c1OC(C)(C)C2. The van der Waals surface area contributed by atoms with Gasteiger partial charge in [-0.1, -0.05) is 24.3 Å². The van der Waals surface area contributed by atoms with Gasteiger partial charge in [0.15, 0.2) is 0 Å². The fourth-order valence-electron chi connectivity index (χ4n) is 5.67. The molecule has 0 aromatic heterocycles. The Morgan fingerprint density at radius 3 is 2.40 bits per heavy atom. The summed E-state index contributed by atoms with van der Waals surface area (Å²) in [6.07, 6.45) is 0.404. The summed E-state index contributed by atoms with van der Waals surface area (Å²) in [4.78, 5) is 14.1. The zero-order valence-electron chi connectivity index (χ0n) is 21.7. The van der Waals surface area contributed by atoms with Gasteiger partial charge in [-0.15, -0.1) is 0 Å². The second-order valence-electron chi connectivity index (χ2n) is 10.6. The summed E-state index contributed by atoms with van der Waals surface area (Å²) in [5.74, 6) is 0.524. The van der Waals surface area contributed by atoms with Crippen molar-refractivity contribution in [3.63, 3.8) is 0 Å². The lowest BCUT2D eigenvalue weighted by Gasteiger charge is -2.27. The third-order valence-corrected chi connectivity index (χ3v) is 7.28. The molecule has 2 unspecified atom stereocenters. The lowest BCUT2D eigenvalue weighted by molar-refractivity contribution is -0.145. The van der Waals surface area contributed by atoms with E-state index in [9.17, 15) is 15.0 Å². The van der Waals surface area contributed by atoms with Crippen LogP contribution in [0.2, 0.25) is 0 Å². The van der Waals surface area contributed by atoms with Crippen molar-refractivity contribution in [1.82, 2.24) is 0 Å². The van der Waals surface area contributed by atoms with Gasteiger partial charge in [-0.2, -0.15) is 0 Å². The molecule has 190 valence electrons. The molecule has 0 aliphatic carbocycles. The number of carbonyl (C=O) groups is 1. The van der Waals surface area contributed by atoms with Crippen LogP contribution in [0.15, 0.2) is 24.3 Å². The molecule has 6 nitrogen and oxygen atoms in total. The van der Waals surface area contributed by atoms with E-state index < -0.39 is 18.2 Å². The molecule has 2 aliphatic heterocycles. The highest BCUT2D eigenvalue weighted by Gasteiger charge is 2.36. The Morgan fingerprint density at radius 2 is 1.77 bits per heavy atom. The van der Waals surface area contributed by atoms with Gasteiger partial charge in [0.25, 0.3) is 0 Å². The minimum absolute atomic E-state index is 0.0964. The monoisotopic (exact) mass is 481 g/mol. The molecule has 2 aromatic carbocycles. The van der Waals surface area contributed by atoms with E-state index in [0.29, 0.717) is 12.8 Å². The van der Waals surface area contributed by atoms with E-state index in [0.717, 1.165) is 30.8 Å². The molecule has 0 bridgehead atoms. The minimum atomic E-state index is -0.914. The van der Waals surface area contributed by atoms with E-state index in [1.165, 1.54) is 33.5 Å². The van der Waals surface area contributed by atoms with Crippen LogP contribution in [-0.4, -0.2) is 40.6 Å². The summed E-state index contributed by atoms with van der Waals surface area (Å²) in [5.41, 5.74) is 8.63. The van der Waals surface area contributed by atoms with Crippen molar-refractivity contribution in [2.24, 2.45) is 0 Å². The first-order chi connectivity index (χ1) is 16.6. The molecule has 0 radical (unpaired) electrons. The van der Waals surface area contributed by atoms with Crippen molar-refractivity contribution in [1.29, 1.82) is 0 Å². The molecule has 2 atom stereocenters. The average molecular weight is 482 g/mol. The quantitative estimate of drug-likeness (QED) is 0.512. The number of nitrogens with zero attached hydrogens (tertiary/aromatic N) is 1. The fourth-order valence-corrected chi connectivity index (χ4v) is 5.67. The van der Waals surface area contributed by atoms with Gasteiger partial charge < -0.3 is 24.6 Å². The van der Waals surface area contributed by atoms with Crippen molar-refractivity contribution in [2.45, 2.75) is 97.6 Å². The Bertz CT molecular complexity index is 1070. The molecule has 6 heteroatoms. The lowest BCUT2D eigenvalue weighted by Crippen LogP contribution is -2.25. The fraction of sp³-hybridized carbons (Fsp3) is 0.552. The van der Waals surface area contributed by atoms with E-state index in [1.54, 1.807) is 6.92 Å². The Kier molecular flexibility index (Phi) is 7.43. The predicted octanol–water partition coefficient (Wildman–Crippen LogP) is 4.53. The maximum atomic E-state index is 11.6. The van der Waals surface area contributed by atoms with Gasteiger partial charge >= 0.3 is 5.97 Å². The third kappa shape index (κ3) is 5.49. The Morgan fingerprint density at radius 1 is 1.11 bits per heavy atom. The maximum absolute atomic E-state index is 11.6. The Balaban J connectivity index is 1.56. The molecule has 2 heterocycles. The summed E-state index contributed by atoms with van der Waals surface area (Å²) in [6, 6.07) is 8.62. The molecule has 0 saturated carbocycles. The number of benzene rings is 2. The highest BCUT2D eigenvalue weighted by Crippen LogP contribution is 2.47. The second kappa shape index (κ2) is 10.2. The van der Waals surface area contributed by atoms with Crippen molar-refractivity contribution < 1.29 is 24.5 Å². The predicted molar refractivity (Wildman–Crippen MR) is 137 cm³/mol. The molecule has 35 heavy (non-hydrogen) atoms. The number of ether oxygens (including phenoxy) is 2. The van der Waals surface area contributed by atoms with Crippen LogP contribution in [0.3, 0.4) is 0 Å². The van der Waals surface area contributed by atoms with Crippen LogP contribution in [0.5, 0.6) is 5.75 Å². The van der Waals surface area contributed by atoms with Crippen LogP contribution in [0.4, 0.5) is 5.69 Å². The van der Waals surface area contributed by atoms with E-state index in [4.69, 9.17) is 9.47 Å². The van der Waals surface area contributed by atoms with Crippen LogP contribution >= 0.6 is 0 Å². The number of anilines is 1. The lowest BCUT2D eigenvalue weighted by atomic mass is 9.89. The third-order valence-electron chi connectivity index (χ3n) is 7.28. The molecule has 0 spiro atoms. The highest BCUT2D eigenvalue weighted by atomic mass is 16.5. The van der Waals surface area contributed by atoms with Gasteiger partial charge in [-0.3, -0.25) is 4.79 Å². The van der Waals surface area contributed by atoms with Crippen LogP contribution in [0, 0.1) is 13.8 Å². The van der Waals surface area contributed by atoms with E-state index in [2.05, 4.69) is 56.9 Å². The zero-order valence-corrected chi connectivity index (χ0v) is 21.7. The molecule has 2 aromatic rings. The summed E-state index contributed by atoms with van der Waals surface area (Å²) in [6.45, 7) is 12.4. The van der Waals surface area contributed by atoms with Crippen LogP contribution in [0.25, 0.3) is 0 Å². The number of fused-ring (bicyclic) bond motifs is 2. The molecular weight excluding hydrogens is 442 g/mol. The van der Waals surface area contributed by atoms with E-state index in [1.807, 2.05) is 0 Å². The maximum Gasteiger partial charge on any atom is 0.308 e. The normalized spacial score (nSPS) is 17.5. The smallest absolute Gasteiger partial charge is 0.308 e. The standard InChI is InChI=1S/C29H39NO5/c1-6-34-26(33)14-23(32)13-22(31)11-12-24-18(2)27(19(3)25-15-29(4,5)35-28(24)25)30-16-20-9-7-8-10-21(20)17-30/h7-10,22-23,31-32H,6,11-17H2,1-5H3. The first kappa shape index (κ1) is 25.5. The van der Waals surface area contributed by atoms with Gasteiger partial charge in [0.1, 0.15) is 11.4 Å². The van der Waals surface area contributed by atoms with Gasteiger partial charge in [0.05, 0.1) is 25.2 Å². The van der Waals surface area contributed by atoms with E-state index in [-0.39, 0.29) is 25.0 Å². The Labute approximate surface area is 208 Å². The van der Waals surface area contributed by atoms with Gasteiger partial charge in [-0.05, 0) is 81.7 Å². The molecule has 2 N–H and O–H groups in total. The van der Waals surface area contributed by atoms with E-state index >= 15 is 0 Å². The summed E-state index contributed by atoms with van der Waals surface area (Å²) < 4.78 is 11.4. The molecule has 0 amide bonds. The van der Waals surface area contributed by atoms with Gasteiger partial charge in [0.2, 0.25) is 0 Å². The zero-order chi connectivity index (χ0) is 25.3. The van der Waals surface area contributed by atoms with Crippen LogP contribution in [-0.2, 0) is 35.5 Å². The number of aliphatic hydroxyl groups is 2. The molecule has 2 aliphatic rings. The van der Waals surface area contributed by atoms with Crippen LogP contribution < -0.4 is 9.64 Å². The van der Waals surface area contributed by atoms with Crippen molar-refractivity contribution in [2.75, 3.05) is 11.5 Å². The molecule has 0 fully saturated rings. The second-order valence-corrected chi connectivity index (χ2v) is 10.6. The van der Waals surface area contributed by atoms with Crippen molar-refractivity contribution in [3.8, 4) is 5.75 Å². The number of rotatable bonds is 9. The Hall–Kier alpha value is -2.57. The van der Waals surface area contributed by atoms with Gasteiger partial charge in [0, 0.05) is 30.8 Å². The average Bonchev–Trinajstić information content (AvgIpc) is 3.33. The van der Waals surface area contributed by atoms with Crippen LogP contribution in [0.1, 0.15) is 73.4 Å². The summed E-state index contributed by atoms with van der Waals surface area (Å²) >= 11 is 0. The van der Waals surface area contributed by atoms with Gasteiger partial charge in [-0.25, -0.2) is 0 Å². The molecule has 4 rings (SSSR count). The summed E-state index contributed by atoms with van der Waals surface area (Å²) in [7, 11) is 0. The number of carbonyl (C=O) groups excluding carboxylic acids is 1. The van der Waals surface area contributed by atoms with Crippen molar-refractivity contribution >= 4 is 11.7 Å². The number of hydrogen-bond donors (Lipinski definition) is 2. The highest BCUT2D eigenvalue weighted by molar-refractivity contribution is 5.71. The number of aliphatic hydroxyl groups excluding tert-OH is 2. The molecule has 0 saturated heterocycles. The summed E-state index contributed by atoms with van der Waals surface area (Å²) in [5, 5.41) is 20.9. The van der Waals surface area contributed by atoms with Crippen molar-refractivity contribution in [3.05, 3.63) is 57.6 Å². The first-order valence-corrected chi connectivity index (χ1v) is 12.8. The number of hydrogen-bond acceptors (Lipinski definition) is 6. The first-order valence-electron chi connectivity index (χ1n) is 12.8. The largest absolute Gasteiger partial charge is 0.487 e. The molecular formula is C29H39NO5. The number of esters is 1.